The number of nitrogens with one attached hydrogen (secondary N) is 3. The van der Waals surface area contributed by atoms with Crippen LogP contribution in [0, 0.1) is 0 Å². The number of piperidine rings is 1. The third-order valence-electron chi connectivity index (χ3n) is 4.48. The van der Waals surface area contributed by atoms with Crippen molar-refractivity contribution in [3.63, 3.8) is 0 Å². The molecule has 0 aliphatic carbocycles. The highest BCUT2D eigenvalue weighted by atomic mass is 35.5. The lowest BCUT2D eigenvalue weighted by atomic mass is 10.1. The summed E-state index contributed by atoms with van der Waals surface area (Å²) in [6, 6.07) is 13.3. The molecule has 0 unspecified atom stereocenters. The molecule has 9 heteroatoms. The number of aromatic nitrogens is 1. The lowest BCUT2D eigenvalue weighted by Crippen LogP contribution is -2.44. The lowest BCUT2D eigenvalue weighted by Gasteiger charge is -2.32. The number of hydroxylamine groups is 1. The number of hydrogen-bond acceptors (Lipinski definition) is 5. The summed E-state index contributed by atoms with van der Waals surface area (Å²) in [5, 5.41) is 14.8. The summed E-state index contributed by atoms with van der Waals surface area (Å²) in [5.41, 5.74) is 3.08. The number of amides is 3. The van der Waals surface area contributed by atoms with Crippen molar-refractivity contribution in [3.05, 3.63) is 60.3 Å². The van der Waals surface area contributed by atoms with Crippen LogP contribution in [0.25, 0.3) is 6.08 Å². The SMILES string of the molecule is Cl.O=C(C=Cc1ccc(NC2CCN(C(=O)Nc3ccccc3)CC2)nc1)NO. The minimum Gasteiger partial charge on any atom is -0.367 e. The molecular weight excluding hydrogens is 394 g/mol. The Balaban J connectivity index is 0.00000300. The number of rotatable bonds is 5. The summed E-state index contributed by atoms with van der Waals surface area (Å²) < 4.78 is 0. The van der Waals surface area contributed by atoms with E-state index in [1.807, 2.05) is 47.4 Å². The molecule has 8 nitrogen and oxygen atoms in total. The Morgan fingerprint density at radius 1 is 1.10 bits per heavy atom. The van der Waals surface area contributed by atoms with Gasteiger partial charge in [-0.15, -0.1) is 12.4 Å². The van der Waals surface area contributed by atoms with Gasteiger partial charge in [0, 0.05) is 37.1 Å². The number of carbonyl (C=O) groups is 2. The zero-order chi connectivity index (χ0) is 19.8. The summed E-state index contributed by atoms with van der Waals surface area (Å²) in [6.45, 7) is 1.35. The first-order valence-corrected chi connectivity index (χ1v) is 9.10. The Labute approximate surface area is 175 Å². The lowest BCUT2D eigenvalue weighted by molar-refractivity contribution is -0.124. The van der Waals surface area contributed by atoms with E-state index in [1.54, 1.807) is 12.3 Å². The van der Waals surface area contributed by atoms with Crippen molar-refractivity contribution in [2.24, 2.45) is 0 Å². The van der Waals surface area contributed by atoms with E-state index >= 15 is 0 Å². The topological polar surface area (TPSA) is 107 Å². The fourth-order valence-corrected chi connectivity index (χ4v) is 2.96. The van der Waals surface area contributed by atoms with Gasteiger partial charge >= 0.3 is 6.03 Å². The van der Waals surface area contributed by atoms with E-state index in [9.17, 15) is 9.59 Å². The first kappa shape index (κ1) is 22.2. The molecule has 3 amide bonds. The second-order valence-electron chi connectivity index (χ2n) is 6.49. The van der Waals surface area contributed by atoms with Crippen LogP contribution in [-0.4, -0.2) is 46.2 Å². The van der Waals surface area contributed by atoms with Gasteiger partial charge in [0.15, 0.2) is 0 Å². The van der Waals surface area contributed by atoms with Gasteiger partial charge in [0.2, 0.25) is 0 Å². The molecular formula is C20H24ClN5O3. The highest BCUT2D eigenvalue weighted by Gasteiger charge is 2.22. The number of hydrogen-bond donors (Lipinski definition) is 4. The van der Waals surface area contributed by atoms with E-state index in [-0.39, 0.29) is 24.5 Å². The molecule has 2 aromatic rings. The molecule has 0 saturated carbocycles. The van der Waals surface area contributed by atoms with Crippen molar-refractivity contribution < 1.29 is 14.8 Å². The molecule has 1 aromatic carbocycles. The minimum absolute atomic E-state index is 0. The predicted octanol–water partition coefficient (Wildman–Crippen LogP) is 3.13. The molecule has 1 aromatic heterocycles. The number of nitrogens with zero attached hydrogens (tertiary/aromatic N) is 2. The average molecular weight is 418 g/mol. The number of carbonyl (C=O) groups excluding carboxylic acids is 2. The van der Waals surface area contributed by atoms with E-state index in [4.69, 9.17) is 5.21 Å². The highest BCUT2D eigenvalue weighted by molar-refractivity contribution is 5.90. The molecule has 3 rings (SSSR count). The Kier molecular flexibility index (Phi) is 8.45. The molecule has 1 saturated heterocycles. The van der Waals surface area contributed by atoms with Crippen LogP contribution in [0.15, 0.2) is 54.7 Å². The van der Waals surface area contributed by atoms with Crippen molar-refractivity contribution >= 4 is 41.9 Å². The van der Waals surface area contributed by atoms with Crippen LogP contribution in [0.1, 0.15) is 18.4 Å². The summed E-state index contributed by atoms with van der Waals surface area (Å²) in [6.07, 6.45) is 6.10. The van der Waals surface area contributed by atoms with Gasteiger partial charge < -0.3 is 15.5 Å². The normalized spacial score (nSPS) is 14.2. The van der Waals surface area contributed by atoms with Crippen LogP contribution in [0.2, 0.25) is 0 Å². The quantitative estimate of drug-likeness (QED) is 0.339. The second kappa shape index (κ2) is 11.0. The molecule has 1 aliphatic rings. The van der Waals surface area contributed by atoms with Crippen molar-refractivity contribution in [1.29, 1.82) is 0 Å². The Morgan fingerprint density at radius 3 is 2.45 bits per heavy atom. The zero-order valence-corrected chi connectivity index (χ0v) is 16.6. The van der Waals surface area contributed by atoms with Gasteiger partial charge in [0.05, 0.1) is 0 Å². The largest absolute Gasteiger partial charge is 0.367 e. The number of pyridine rings is 1. The molecule has 4 N–H and O–H groups in total. The van der Waals surface area contributed by atoms with E-state index in [0.717, 1.165) is 29.9 Å². The number of para-hydroxylation sites is 1. The van der Waals surface area contributed by atoms with Gasteiger partial charge in [-0.2, -0.15) is 0 Å². The van der Waals surface area contributed by atoms with Gasteiger partial charge in [-0.05, 0) is 48.7 Å². The van der Waals surface area contributed by atoms with Gasteiger partial charge in [0.25, 0.3) is 5.91 Å². The highest BCUT2D eigenvalue weighted by Crippen LogP contribution is 2.17. The summed E-state index contributed by atoms with van der Waals surface area (Å²) in [7, 11) is 0. The standard InChI is InChI=1S/C20H23N5O3.ClH/c26-19(24-28)9-7-15-6-8-18(21-14-15)22-17-10-12-25(13-11-17)20(27)23-16-4-2-1-3-5-16;/h1-9,14,17,28H,10-13H2,(H,21,22)(H,23,27)(H,24,26);1H. The van der Waals surface area contributed by atoms with Gasteiger partial charge in [-0.1, -0.05) is 18.2 Å². The van der Waals surface area contributed by atoms with E-state index in [1.165, 1.54) is 11.6 Å². The van der Waals surface area contributed by atoms with E-state index in [0.29, 0.717) is 13.1 Å². The Morgan fingerprint density at radius 2 is 1.83 bits per heavy atom. The number of anilines is 2. The van der Waals surface area contributed by atoms with Gasteiger partial charge in [-0.3, -0.25) is 10.0 Å². The third kappa shape index (κ3) is 6.78. The summed E-state index contributed by atoms with van der Waals surface area (Å²) in [4.78, 5) is 29.5. The molecule has 0 bridgehead atoms. The smallest absolute Gasteiger partial charge is 0.321 e. The summed E-state index contributed by atoms with van der Waals surface area (Å²) in [5.74, 6) is 0.154. The van der Waals surface area contributed by atoms with Gasteiger partial charge in [0.1, 0.15) is 5.82 Å². The van der Waals surface area contributed by atoms with Crippen molar-refractivity contribution in [3.8, 4) is 0 Å². The molecule has 0 atom stereocenters. The third-order valence-corrected chi connectivity index (χ3v) is 4.48. The monoisotopic (exact) mass is 417 g/mol. The van der Waals surface area contributed by atoms with Crippen molar-refractivity contribution in [2.45, 2.75) is 18.9 Å². The maximum Gasteiger partial charge on any atom is 0.321 e. The van der Waals surface area contributed by atoms with E-state index in [2.05, 4.69) is 15.6 Å². The van der Waals surface area contributed by atoms with Crippen molar-refractivity contribution in [1.82, 2.24) is 15.4 Å². The van der Waals surface area contributed by atoms with E-state index < -0.39 is 5.91 Å². The molecule has 154 valence electrons. The zero-order valence-electron chi connectivity index (χ0n) is 15.7. The fourth-order valence-electron chi connectivity index (χ4n) is 2.96. The van der Waals surface area contributed by atoms with Crippen LogP contribution >= 0.6 is 12.4 Å². The van der Waals surface area contributed by atoms with Gasteiger partial charge in [-0.25, -0.2) is 15.3 Å². The first-order chi connectivity index (χ1) is 13.6. The summed E-state index contributed by atoms with van der Waals surface area (Å²) >= 11 is 0. The Hall–Kier alpha value is -3.10. The number of likely N-dealkylation sites (tertiary alicyclic amines) is 1. The van der Waals surface area contributed by atoms with Crippen LogP contribution < -0.4 is 16.1 Å². The second-order valence-corrected chi connectivity index (χ2v) is 6.49. The molecule has 0 radical (unpaired) electrons. The maximum absolute atomic E-state index is 12.3. The molecule has 1 aliphatic heterocycles. The number of benzene rings is 1. The molecule has 1 fully saturated rings. The molecule has 2 heterocycles. The van der Waals surface area contributed by atoms with Crippen molar-refractivity contribution in [2.75, 3.05) is 23.7 Å². The fraction of sp³-hybridized carbons (Fsp3) is 0.250. The maximum atomic E-state index is 12.3. The van der Waals surface area contributed by atoms with Crippen LogP contribution in [-0.2, 0) is 4.79 Å². The van der Waals surface area contributed by atoms with Crippen LogP contribution in [0.5, 0.6) is 0 Å². The number of urea groups is 1. The number of halogens is 1. The molecule has 29 heavy (non-hydrogen) atoms. The predicted molar refractivity (Wildman–Crippen MR) is 114 cm³/mol. The Bertz CT molecular complexity index is 822. The molecule has 0 spiro atoms. The van der Waals surface area contributed by atoms with Crippen LogP contribution in [0.3, 0.4) is 0 Å². The van der Waals surface area contributed by atoms with Crippen LogP contribution in [0.4, 0.5) is 16.3 Å². The average Bonchev–Trinajstić information content (AvgIpc) is 2.74. The first-order valence-electron chi connectivity index (χ1n) is 9.10. The minimum atomic E-state index is -0.592.